The van der Waals surface area contributed by atoms with Gasteiger partial charge in [0.05, 0.1) is 33.7 Å². The summed E-state index contributed by atoms with van der Waals surface area (Å²) in [6.45, 7) is 1.23. The number of aromatic hydroxyl groups is 1. The normalized spacial score (nSPS) is 16.0. The maximum atomic E-state index is 12.7. The molecule has 4 heterocycles. The topological polar surface area (TPSA) is 108 Å². The van der Waals surface area contributed by atoms with E-state index in [9.17, 15) is 9.90 Å². The minimum Gasteiger partial charge on any atom is -0.494 e. The second kappa shape index (κ2) is 8.43. The van der Waals surface area contributed by atoms with Crippen molar-refractivity contribution in [1.29, 1.82) is 0 Å². The van der Waals surface area contributed by atoms with Crippen LogP contribution >= 0.6 is 0 Å². The Morgan fingerprint density at radius 2 is 2.09 bits per heavy atom. The molecule has 4 aromatic rings. The summed E-state index contributed by atoms with van der Waals surface area (Å²) < 4.78 is 8.06. The number of aromatic amines is 1. The van der Waals surface area contributed by atoms with Crippen molar-refractivity contribution < 1.29 is 14.6 Å². The van der Waals surface area contributed by atoms with E-state index in [1.807, 2.05) is 47.4 Å². The maximum Gasteiger partial charge on any atom is 0.257 e. The van der Waals surface area contributed by atoms with Gasteiger partial charge in [0.15, 0.2) is 5.88 Å². The van der Waals surface area contributed by atoms with Gasteiger partial charge in [-0.25, -0.2) is 9.98 Å². The number of nitrogens with one attached hydrogen (secondary N) is 1. The molecule has 35 heavy (non-hydrogen) atoms. The van der Waals surface area contributed by atoms with Gasteiger partial charge in [-0.05, 0) is 35.6 Å². The van der Waals surface area contributed by atoms with Gasteiger partial charge < -0.3 is 19.7 Å². The SMILES string of the molecule is Cn1cc(C(=O)N2CCC(Oc3cccc4[nH]c(O)c(/C=c5\ccc6c(c5)N=CN=6)c34)CC2)cn1. The molecule has 0 spiro atoms. The first-order chi connectivity index (χ1) is 17.0. The van der Waals surface area contributed by atoms with Gasteiger partial charge >= 0.3 is 0 Å². The van der Waals surface area contributed by atoms with Crippen molar-refractivity contribution in [1.82, 2.24) is 19.7 Å². The summed E-state index contributed by atoms with van der Waals surface area (Å²) in [5, 5.41) is 17.4. The Balaban J connectivity index is 1.25. The molecule has 1 amide bonds. The summed E-state index contributed by atoms with van der Waals surface area (Å²) in [5.41, 5.74) is 2.87. The fourth-order valence-corrected chi connectivity index (χ4v) is 4.70. The van der Waals surface area contributed by atoms with Gasteiger partial charge in [0.2, 0.25) is 0 Å². The van der Waals surface area contributed by atoms with Gasteiger partial charge in [0, 0.05) is 44.7 Å². The number of carbonyl (C=O) groups is 1. The molecule has 9 nitrogen and oxygen atoms in total. The lowest BCUT2D eigenvalue weighted by Gasteiger charge is -2.32. The maximum absolute atomic E-state index is 12.7. The van der Waals surface area contributed by atoms with Crippen molar-refractivity contribution in [2.75, 3.05) is 13.1 Å². The third kappa shape index (κ3) is 3.95. The van der Waals surface area contributed by atoms with Gasteiger partial charge in [-0.15, -0.1) is 0 Å². The molecule has 2 N–H and O–H groups in total. The summed E-state index contributed by atoms with van der Waals surface area (Å²) in [4.78, 5) is 26.1. The number of ether oxygens (including phenoxy) is 1. The number of piperidine rings is 1. The number of nitrogens with zero attached hydrogens (tertiary/aromatic N) is 5. The van der Waals surface area contributed by atoms with Gasteiger partial charge in [-0.3, -0.25) is 9.48 Å². The average molecular weight is 469 g/mol. The summed E-state index contributed by atoms with van der Waals surface area (Å²) in [6, 6.07) is 11.6. The van der Waals surface area contributed by atoms with Crippen LogP contribution in [0.2, 0.25) is 0 Å². The molecule has 1 saturated heterocycles. The van der Waals surface area contributed by atoms with Crippen LogP contribution in [0.15, 0.2) is 58.8 Å². The number of benzene rings is 2. The largest absolute Gasteiger partial charge is 0.494 e. The number of hydrogen-bond donors (Lipinski definition) is 2. The zero-order valence-corrected chi connectivity index (χ0v) is 19.2. The number of carbonyl (C=O) groups excluding carboxylic acids is 1. The molecule has 0 unspecified atom stereocenters. The van der Waals surface area contributed by atoms with E-state index in [1.54, 1.807) is 30.5 Å². The van der Waals surface area contributed by atoms with Crippen LogP contribution < -0.4 is 15.3 Å². The molecule has 0 atom stereocenters. The van der Waals surface area contributed by atoms with Crippen LogP contribution in [0.5, 0.6) is 11.6 Å². The monoisotopic (exact) mass is 468 g/mol. The van der Waals surface area contributed by atoms with Crippen molar-refractivity contribution in [3.8, 4) is 11.6 Å². The Morgan fingerprint density at radius 3 is 2.89 bits per heavy atom. The lowest BCUT2D eigenvalue weighted by atomic mass is 10.1. The second-order valence-electron chi connectivity index (χ2n) is 8.84. The lowest BCUT2D eigenvalue weighted by Crippen LogP contribution is -2.41. The molecule has 2 aliphatic heterocycles. The van der Waals surface area contributed by atoms with E-state index in [2.05, 4.69) is 20.1 Å². The molecule has 2 aromatic heterocycles. The smallest absolute Gasteiger partial charge is 0.257 e. The number of fused-ring (bicyclic) bond motifs is 2. The highest BCUT2D eigenvalue weighted by Crippen LogP contribution is 2.36. The molecular formula is C26H24N6O3. The fraction of sp³-hybridized carbons (Fsp3) is 0.231. The number of aliphatic imine (C=N–C) groups is 1. The Bertz CT molecular complexity index is 1590. The zero-order chi connectivity index (χ0) is 23.9. The summed E-state index contributed by atoms with van der Waals surface area (Å²) in [6.07, 6.45) is 8.23. The Labute approximate surface area is 200 Å². The van der Waals surface area contributed by atoms with E-state index in [-0.39, 0.29) is 17.9 Å². The van der Waals surface area contributed by atoms with Crippen molar-refractivity contribution in [3.63, 3.8) is 0 Å². The number of likely N-dealkylation sites (tertiary alicyclic amines) is 1. The number of aromatic nitrogens is 3. The minimum atomic E-state index is -0.0283. The highest BCUT2D eigenvalue weighted by molar-refractivity contribution is 5.96. The minimum absolute atomic E-state index is 0.00224. The lowest BCUT2D eigenvalue weighted by molar-refractivity contribution is 0.0598. The molecular weight excluding hydrogens is 444 g/mol. The van der Waals surface area contributed by atoms with Crippen molar-refractivity contribution in [3.05, 3.63) is 70.5 Å². The standard InChI is InChI=1S/C26H24N6O3/c1-31-14-17(13-29-31)26(34)32-9-7-18(8-10-32)35-23-4-2-3-21-24(23)19(25(33)30-21)11-16-5-6-20-22(12-16)28-15-27-20/h2-6,11-15,18,30,33H,7-10H2,1H3/b16-11+. The van der Waals surface area contributed by atoms with E-state index < -0.39 is 0 Å². The third-order valence-electron chi connectivity index (χ3n) is 6.48. The Hall–Kier alpha value is -4.40. The number of amides is 1. The molecule has 0 aliphatic carbocycles. The fourth-order valence-electron chi connectivity index (χ4n) is 4.70. The third-order valence-corrected chi connectivity index (χ3v) is 6.48. The number of rotatable bonds is 4. The zero-order valence-electron chi connectivity index (χ0n) is 19.2. The quantitative estimate of drug-likeness (QED) is 0.480. The molecule has 0 bridgehead atoms. The van der Waals surface area contributed by atoms with Gasteiger partial charge in [-0.2, -0.15) is 5.10 Å². The van der Waals surface area contributed by atoms with Crippen LogP contribution in [0.25, 0.3) is 17.0 Å². The van der Waals surface area contributed by atoms with Gasteiger partial charge in [0.1, 0.15) is 18.2 Å². The first kappa shape index (κ1) is 21.2. The molecule has 9 heteroatoms. The Kier molecular flexibility index (Phi) is 5.09. The summed E-state index contributed by atoms with van der Waals surface area (Å²) in [7, 11) is 1.80. The molecule has 6 rings (SSSR count). The number of H-pyrrole nitrogens is 1. The average Bonchev–Trinajstić information content (AvgIpc) is 3.58. The first-order valence-electron chi connectivity index (χ1n) is 11.6. The van der Waals surface area contributed by atoms with E-state index in [0.717, 1.165) is 40.0 Å². The van der Waals surface area contributed by atoms with E-state index in [1.165, 1.54) is 0 Å². The van der Waals surface area contributed by atoms with Crippen LogP contribution in [0.1, 0.15) is 28.8 Å². The predicted octanol–water partition coefficient (Wildman–Crippen LogP) is 2.41. The first-order valence-corrected chi connectivity index (χ1v) is 11.6. The molecule has 176 valence electrons. The van der Waals surface area contributed by atoms with E-state index >= 15 is 0 Å². The van der Waals surface area contributed by atoms with E-state index in [4.69, 9.17) is 4.74 Å². The van der Waals surface area contributed by atoms with Crippen LogP contribution in [0, 0.1) is 0 Å². The summed E-state index contributed by atoms with van der Waals surface area (Å²) in [5.74, 6) is 0.788. The molecule has 2 aliphatic rings. The van der Waals surface area contributed by atoms with Crippen LogP contribution in [-0.2, 0) is 7.05 Å². The Morgan fingerprint density at radius 1 is 1.23 bits per heavy atom. The van der Waals surface area contributed by atoms with Crippen molar-refractivity contribution in [2.24, 2.45) is 17.0 Å². The molecule has 1 fully saturated rings. The summed E-state index contributed by atoms with van der Waals surface area (Å²) >= 11 is 0. The van der Waals surface area contributed by atoms with Crippen molar-refractivity contribution in [2.45, 2.75) is 18.9 Å². The molecule has 2 aromatic carbocycles. The van der Waals surface area contributed by atoms with Crippen LogP contribution in [0.4, 0.5) is 5.69 Å². The highest BCUT2D eigenvalue weighted by Gasteiger charge is 2.26. The predicted molar refractivity (Wildman–Crippen MR) is 132 cm³/mol. The van der Waals surface area contributed by atoms with Gasteiger partial charge in [0.25, 0.3) is 5.91 Å². The van der Waals surface area contributed by atoms with Crippen LogP contribution in [0.3, 0.4) is 0 Å². The molecule has 0 radical (unpaired) electrons. The number of aryl methyl sites for hydroxylation is 1. The second-order valence-corrected chi connectivity index (χ2v) is 8.84. The van der Waals surface area contributed by atoms with Gasteiger partial charge in [-0.1, -0.05) is 12.1 Å². The van der Waals surface area contributed by atoms with E-state index in [0.29, 0.717) is 30.0 Å². The number of hydrogen-bond acceptors (Lipinski definition) is 6. The molecule has 0 saturated carbocycles. The van der Waals surface area contributed by atoms with Crippen molar-refractivity contribution >= 4 is 34.9 Å². The van der Waals surface area contributed by atoms with Crippen LogP contribution in [-0.4, -0.2) is 56.2 Å². The highest BCUT2D eigenvalue weighted by atomic mass is 16.5.